The first-order valence-corrected chi connectivity index (χ1v) is 7.17. The Morgan fingerprint density at radius 3 is 2.82 bits per heavy atom. The summed E-state index contributed by atoms with van der Waals surface area (Å²) in [7, 11) is 2.71. The van der Waals surface area contributed by atoms with E-state index in [1.54, 1.807) is 0 Å². The second kappa shape index (κ2) is 5.01. The fourth-order valence-electron chi connectivity index (χ4n) is 3.71. The van der Waals surface area contributed by atoms with Crippen molar-refractivity contribution < 1.29 is 24.2 Å². The van der Waals surface area contributed by atoms with Gasteiger partial charge in [0, 0.05) is 18.2 Å². The third-order valence-electron chi connectivity index (χ3n) is 4.82. The van der Waals surface area contributed by atoms with E-state index >= 15 is 0 Å². The van der Waals surface area contributed by atoms with Crippen molar-refractivity contribution in [3.05, 3.63) is 17.5 Å². The van der Waals surface area contributed by atoms with E-state index in [4.69, 9.17) is 9.47 Å². The van der Waals surface area contributed by atoms with E-state index < -0.39 is 23.4 Å². The molecule has 7 heteroatoms. The molecule has 1 saturated carbocycles. The average molecular weight is 306 g/mol. The first kappa shape index (κ1) is 14.9. The number of aliphatic hydroxyl groups is 1. The number of carbonyl (C=O) groups excluding carboxylic acids is 2. The van der Waals surface area contributed by atoms with Gasteiger partial charge in [-0.1, -0.05) is 6.92 Å². The van der Waals surface area contributed by atoms with Crippen LogP contribution >= 0.6 is 0 Å². The number of aromatic nitrogens is 2. The lowest BCUT2D eigenvalue weighted by Crippen LogP contribution is -2.60. The summed E-state index contributed by atoms with van der Waals surface area (Å²) in [4.78, 5) is 33.6. The topological polar surface area (TPSA) is 98.6 Å². The number of nitrogens with zero attached hydrogens (tertiary/aromatic N) is 2. The van der Waals surface area contributed by atoms with Gasteiger partial charge in [0.1, 0.15) is 0 Å². The quantitative estimate of drug-likeness (QED) is 0.608. The summed E-state index contributed by atoms with van der Waals surface area (Å²) in [6.07, 6.45) is 1.15. The number of rotatable bonds is 2. The predicted octanol–water partition coefficient (Wildman–Crippen LogP) is 0.0381. The molecule has 2 aliphatic carbocycles. The molecular weight excluding hydrogens is 288 g/mol. The van der Waals surface area contributed by atoms with Gasteiger partial charge in [0.05, 0.1) is 31.9 Å². The maximum absolute atomic E-state index is 12.9. The molecule has 0 spiro atoms. The molecule has 22 heavy (non-hydrogen) atoms. The second-order valence-corrected chi connectivity index (χ2v) is 5.96. The zero-order valence-corrected chi connectivity index (χ0v) is 12.7. The molecule has 2 bridgehead atoms. The van der Waals surface area contributed by atoms with Crippen molar-refractivity contribution in [1.82, 2.24) is 9.97 Å². The van der Waals surface area contributed by atoms with Crippen LogP contribution in [0.25, 0.3) is 0 Å². The molecular formula is C15H18N2O5. The van der Waals surface area contributed by atoms with Gasteiger partial charge in [0.2, 0.25) is 0 Å². The lowest BCUT2D eigenvalue weighted by molar-refractivity contribution is -0.161. The summed E-state index contributed by atoms with van der Waals surface area (Å²) < 4.78 is 9.92. The maximum atomic E-state index is 12.9. The van der Waals surface area contributed by atoms with Crippen LogP contribution in [-0.4, -0.2) is 47.2 Å². The fraction of sp³-hybridized carbons (Fsp3) is 0.600. The van der Waals surface area contributed by atoms with Crippen LogP contribution in [-0.2, 0) is 26.2 Å². The molecule has 4 atom stereocenters. The number of hydrogen-bond acceptors (Lipinski definition) is 7. The molecule has 1 N–H and O–H groups in total. The number of ether oxygens (including phenoxy) is 2. The molecule has 1 aromatic rings. The van der Waals surface area contributed by atoms with Crippen LogP contribution in [0, 0.1) is 11.8 Å². The van der Waals surface area contributed by atoms with Gasteiger partial charge < -0.3 is 14.6 Å². The van der Waals surface area contributed by atoms with E-state index in [0.29, 0.717) is 11.3 Å². The summed E-state index contributed by atoms with van der Waals surface area (Å²) in [5.41, 5.74) is -0.384. The highest BCUT2D eigenvalue weighted by atomic mass is 16.5. The molecule has 0 radical (unpaired) electrons. The molecule has 1 heterocycles. The van der Waals surface area contributed by atoms with Crippen LogP contribution in [0.15, 0.2) is 6.20 Å². The Morgan fingerprint density at radius 1 is 1.45 bits per heavy atom. The van der Waals surface area contributed by atoms with Crippen LogP contribution < -0.4 is 4.74 Å². The van der Waals surface area contributed by atoms with E-state index in [-0.39, 0.29) is 30.6 Å². The Balaban J connectivity index is 2.24. The SMILES string of the molecule is COC(=O)[C@@]12CC(C)C(O)[C@@H](Cc3nc(OC)ncc31)C2=O. The molecule has 7 nitrogen and oxygen atoms in total. The van der Waals surface area contributed by atoms with Gasteiger partial charge in [-0.05, 0) is 12.3 Å². The van der Waals surface area contributed by atoms with Crippen molar-refractivity contribution >= 4 is 11.8 Å². The summed E-state index contributed by atoms with van der Waals surface area (Å²) in [5, 5.41) is 10.3. The Bertz CT molecular complexity index is 647. The summed E-state index contributed by atoms with van der Waals surface area (Å²) in [6, 6.07) is 0.175. The maximum Gasteiger partial charge on any atom is 0.324 e. The minimum atomic E-state index is -1.42. The zero-order chi connectivity index (χ0) is 16.1. The highest BCUT2D eigenvalue weighted by Crippen LogP contribution is 2.48. The predicted molar refractivity (Wildman–Crippen MR) is 74.3 cm³/mol. The Kier molecular flexibility index (Phi) is 3.40. The van der Waals surface area contributed by atoms with Crippen LogP contribution in [0.5, 0.6) is 6.01 Å². The summed E-state index contributed by atoms with van der Waals surface area (Å²) >= 11 is 0. The van der Waals surface area contributed by atoms with Gasteiger partial charge in [-0.15, -0.1) is 0 Å². The van der Waals surface area contributed by atoms with Crippen LogP contribution in [0.3, 0.4) is 0 Å². The number of aliphatic hydroxyl groups excluding tert-OH is 1. The molecule has 1 fully saturated rings. The van der Waals surface area contributed by atoms with Crippen molar-refractivity contribution in [3.63, 3.8) is 0 Å². The highest BCUT2D eigenvalue weighted by Gasteiger charge is 2.61. The minimum absolute atomic E-state index is 0.175. The average Bonchev–Trinajstić information content (AvgIpc) is 2.53. The summed E-state index contributed by atoms with van der Waals surface area (Å²) in [6.45, 7) is 1.83. The Labute approximate surface area is 127 Å². The van der Waals surface area contributed by atoms with Gasteiger partial charge in [-0.2, -0.15) is 4.98 Å². The largest absolute Gasteiger partial charge is 0.468 e. The zero-order valence-electron chi connectivity index (χ0n) is 12.7. The van der Waals surface area contributed by atoms with Crippen LogP contribution in [0.4, 0.5) is 0 Å². The lowest BCUT2D eigenvalue weighted by Gasteiger charge is -2.46. The number of Topliss-reactive ketones (excluding diaryl/α,β-unsaturated/α-hetero) is 1. The van der Waals surface area contributed by atoms with E-state index in [1.807, 2.05) is 6.92 Å². The molecule has 0 aliphatic heterocycles. The molecule has 2 aliphatic rings. The normalized spacial score (nSPS) is 33.1. The van der Waals surface area contributed by atoms with E-state index in [1.165, 1.54) is 20.4 Å². The number of esters is 1. The standard InChI is InChI=1S/C15H18N2O5/c1-7-5-15(13(20)21-2)9-6-16-14(22-3)17-10(9)4-8(11(7)18)12(15)19/h6-8,11,18H,4-5H2,1-3H3/t7?,8-,11?,15+/m1/s1. The molecule has 0 saturated heterocycles. The van der Waals surface area contributed by atoms with Crippen LogP contribution in [0.2, 0.25) is 0 Å². The van der Waals surface area contributed by atoms with Gasteiger partial charge in [0.25, 0.3) is 0 Å². The van der Waals surface area contributed by atoms with Gasteiger partial charge >= 0.3 is 12.0 Å². The van der Waals surface area contributed by atoms with E-state index in [0.717, 1.165) is 0 Å². The molecule has 1 aromatic heterocycles. The van der Waals surface area contributed by atoms with Gasteiger partial charge in [-0.25, -0.2) is 4.98 Å². The first-order chi connectivity index (χ1) is 10.5. The highest BCUT2D eigenvalue weighted by molar-refractivity contribution is 6.12. The minimum Gasteiger partial charge on any atom is -0.468 e. The number of carbonyl (C=O) groups is 2. The van der Waals surface area contributed by atoms with Gasteiger partial charge in [-0.3, -0.25) is 9.59 Å². The number of fused-ring (bicyclic) bond motifs is 4. The molecule has 0 aromatic carbocycles. The third kappa shape index (κ3) is 1.78. The van der Waals surface area contributed by atoms with Crippen LogP contribution in [0.1, 0.15) is 24.6 Å². The lowest BCUT2D eigenvalue weighted by atomic mass is 9.56. The van der Waals surface area contributed by atoms with Gasteiger partial charge in [0.15, 0.2) is 11.2 Å². The number of hydrogen-bond donors (Lipinski definition) is 1. The Hall–Kier alpha value is -2.02. The van der Waals surface area contributed by atoms with Crippen molar-refractivity contribution in [2.75, 3.05) is 14.2 Å². The number of ketones is 1. The third-order valence-corrected chi connectivity index (χ3v) is 4.82. The van der Waals surface area contributed by atoms with Crippen molar-refractivity contribution in [2.45, 2.75) is 31.3 Å². The summed E-state index contributed by atoms with van der Waals surface area (Å²) in [5.74, 6) is -1.77. The second-order valence-electron chi connectivity index (χ2n) is 5.96. The van der Waals surface area contributed by atoms with Crippen molar-refractivity contribution in [3.8, 4) is 6.01 Å². The van der Waals surface area contributed by atoms with E-state index in [2.05, 4.69) is 9.97 Å². The molecule has 0 amide bonds. The van der Waals surface area contributed by atoms with Crippen molar-refractivity contribution in [1.29, 1.82) is 0 Å². The Morgan fingerprint density at radius 2 is 2.18 bits per heavy atom. The first-order valence-electron chi connectivity index (χ1n) is 7.17. The smallest absolute Gasteiger partial charge is 0.324 e. The van der Waals surface area contributed by atoms with Crippen molar-refractivity contribution in [2.24, 2.45) is 11.8 Å². The number of methoxy groups -OCH3 is 2. The monoisotopic (exact) mass is 306 g/mol. The van der Waals surface area contributed by atoms with E-state index in [9.17, 15) is 14.7 Å². The molecule has 3 rings (SSSR count). The fourth-order valence-corrected chi connectivity index (χ4v) is 3.71. The molecule has 118 valence electrons. The molecule has 2 unspecified atom stereocenters.